The number of nitrogens with zero attached hydrogens (tertiary/aromatic N) is 4. The van der Waals surface area contributed by atoms with Crippen molar-refractivity contribution in [3.05, 3.63) is 47.8 Å². The molecule has 0 saturated carbocycles. The lowest BCUT2D eigenvalue weighted by Crippen LogP contribution is -2.50. The summed E-state index contributed by atoms with van der Waals surface area (Å²) in [6.45, 7) is 9.32. The number of rotatable bonds is 4. The molecule has 3 rings (SSSR count). The quantitative estimate of drug-likeness (QED) is 0.938. The Balaban J connectivity index is 1.45. The van der Waals surface area contributed by atoms with E-state index >= 15 is 0 Å². The summed E-state index contributed by atoms with van der Waals surface area (Å²) in [5, 5.41) is 7.22. The van der Waals surface area contributed by atoms with E-state index in [4.69, 9.17) is 0 Å². The number of nitrogens with one attached hydrogen (secondary N) is 1. The van der Waals surface area contributed by atoms with E-state index in [1.807, 2.05) is 40.0 Å². The third kappa shape index (κ3) is 4.14. The third-order valence-electron chi connectivity index (χ3n) is 4.62. The summed E-state index contributed by atoms with van der Waals surface area (Å²) in [4.78, 5) is 16.7. The Morgan fingerprint density at radius 1 is 1.12 bits per heavy atom. The number of amides is 2. The zero-order chi connectivity index (χ0) is 16.9. The van der Waals surface area contributed by atoms with Crippen molar-refractivity contribution in [1.29, 1.82) is 0 Å². The number of carbonyl (C=O) groups is 1. The van der Waals surface area contributed by atoms with Crippen LogP contribution in [0.1, 0.15) is 11.1 Å². The minimum atomic E-state index is -0.00928. The van der Waals surface area contributed by atoms with Crippen LogP contribution in [0.15, 0.2) is 36.7 Å². The Morgan fingerprint density at radius 3 is 2.58 bits per heavy atom. The van der Waals surface area contributed by atoms with Crippen LogP contribution in [0.5, 0.6) is 0 Å². The van der Waals surface area contributed by atoms with Crippen LogP contribution in [0, 0.1) is 13.8 Å². The van der Waals surface area contributed by atoms with Gasteiger partial charge in [0.25, 0.3) is 0 Å². The number of hydrogen-bond donors (Lipinski definition) is 1. The number of piperazine rings is 1. The highest BCUT2D eigenvalue weighted by molar-refractivity contribution is 5.89. The van der Waals surface area contributed by atoms with Gasteiger partial charge in [-0.2, -0.15) is 5.10 Å². The Hall–Kier alpha value is -2.34. The number of carbonyl (C=O) groups excluding carboxylic acids is 1. The van der Waals surface area contributed by atoms with Crippen molar-refractivity contribution in [2.45, 2.75) is 20.4 Å². The van der Waals surface area contributed by atoms with E-state index in [0.29, 0.717) is 0 Å². The van der Waals surface area contributed by atoms with Gasteiger partial charge in [0.1, 0.15) is 0 Å². The Kier molecular flexibility index (Phi) is 5.15. The maximum absolute atomic E-state index is 12.4. The van der Waals surface area contributed by atoms with Crippen LogP contribution >= 0.6 is 0 Å². The molecule has 0 radical (unpaired) electrons. The van der Waals surface area contributed by atoms with Gasteiger partial charge in [-0.25, -0.2) is 4.79 Å². The smallest absolute Gasteiger partial charge is 0.321 e. The van der Waals surface area contributed by atoms with Crippen LogP contribution in [0.25, 0.3) is 0 Å². The van der Waals surface area contributed by atoms with Crippen molar-refractivity contribution in [2.75, 3.05) is 38.0 Å². The fourth-order valence-electron chi connectivity index (χ4n) is 2.87. The largest absolute Gasteiger partial charge is 0.322 e. The molecule has 0 unspecified atom stereocenters. The molecule has 1 aliphatic rings. The van der Waals surface area contributed by atoms with E-state index in [9.17, 15) is 4.79 Å². The molecular weight excluding hydrogens is 302 g/mol. The van der Waals surface area contributed by atoms with Gasteiger partial charge in [-0.1, -0.05) is 6.07 Å². The molecule has 1 N–H and O–H groups in total. The second-order valence-electron chi connectivity index (χ2n) is 6.33. The topological polar surface area (TPSA) is 53.4 Å². The summed E-state index contributed by atoms with van der Waals surface area (Å²) < 4.78 is 1.94. The van der Waals surface area contributed by atoms with Crippen molar-refractivity contribution >= 4 is 11.7 Å². The molecule has 6 nitrogen and oxygen atoms in total. The number of aryl methyl sites for hydroxylation is 2. The third-order valence-corrected chi connectivity index (χ3v) is 4.62. The number of aromatic nitrogens is 2. The molecule has 1 aromatic carbocycles. The molecule has 1 saturated heterocycles. The van der Waals surface area contributed by atoms with Crippen LogP contribution in [-0.2, 0) is 6.54 Å². The SMILES string of the molecule is Cc1ccc(NC(=O)N2CCN(CCn3cccn3)CC2)cc1C. The van der Waals surface area contributed by atoms with Gasteiger partial charge in [0.15, 0.2) is 0 Å². The first-order valence-corrected chi connectivity index (χ1v) is 8.45. The fourth-order valence-corrected chi connectivity index (χ4v) is 2.87. The summed E-state index contributed by atoms with van der Waals surface area (Å²) in [5.74, 6) is 0. The number of benzene rings is 1. The minimum Gasteiger partial charge on any atom is -0.322 e. The Labute approximate surface area is 143 Å². The summed E-state index contributed by atoms with van der Waals surface area (Å²) in [6, 6.07) is 7.95. The van der Waals surface area contributed by atoms with Gasteiger partial charge in [0.2, 0.25) is 0 Å². The monoisotopic (exact) mass is 327 g/mol. The molecule has 6 heteroatoms. The lowest BCUT2D eigenvalue weighted by Gasteiger charge is -2.34. The molecule has 2 amide bonds. The first kappa shape index (κ1) is 16.5. The highest BCUT2D eigenvalue weighted by atomic mass is 16.2. The summed E-state index contributed by atoms with van der Waals surface area (Å²) in [7, 11) is 0. The molecule has 2 aromatic rings. The molecule has 128 valence electrons. The van der Waals surface area contributed by atoms with E-state index in [0.717, 1.165) is 45.0 Å². The van der Waals surface area contributed by atoms with E-state index < -0.39 is 0 Å². The van der Waals surface area contributed by atoms with Crippen LogP contribution in [-0.4, -0.2) is 58.3 Å². The van der Waals surface area contributed by atoms with Crippen molar-refractivity contribution < 1.29 is 4.79 Å². The fraction of sp³-hybridized carbons (Fsp3) is 0.444. The highest BCUT2D eigenvalue weighted by Gasteiger charge is 2.21. The van der Waals surface area contributed by atoms with Crippen LogP contribution in [0.3, 0.4) is 0 Å². The summed E-state index contributed by atoms with van der Waals surface area (Å²) in [5.41, 5.74) is 3.29. The van der Waals surface area contributed by atoms with Gasteiger partial charge < -0.3 is 10.2 Å². The molecule has 0 bridgehead atoms. The lowest BCUT2D eigenvalue weighted by atomic mass is 10.1. The van der Waals surface area contributed by atoms with E-state index in [1.54, 1.807) is 6.20 Å². The lowest BCUT2D eigenvalue weighted by molar-refractivity contribution is 0.143. The first-order chi connectivity index (χ1) is 11.6. The molecular formula is C18H25N5O. The summed E-state index contributed by atoms with van der Waals surface area (Å²) in [6.07, 6.45) is 3.78. The molecule has 0 spiro atoms. The van der Waals surface area contributed by atoms with Gasteiger partial charge in [0.05, 0.1) is 6.54 Å². The number of hydrogen-bond acceptors (Lipinski definition) is 3. The van der Waals surface area contributed by atoms with Gasteiger partial charge in [-0.15, -0.1) is 0 Å². The maximum Gasteiger partial charge on any atom is 0.321 e. The average Bonchev–Trinajstić information content (AvgIpc) is 3.10. The van der Waals surface area contributed by atoms with Gasteiger partial charge in [-0.05, 0) is 43.2 Å². The zero-order valence-corrected chi connectivity index (χ0v) is 14.4. The first-order valence-electron chi connectivity index (χ1n) is 8.45. The maximum atomic E-state index is 12.4. The Morgan fingerprint density at radius 2 is 1.92 bits per heavy atom. The molecule has 0 aliphatic carbocycles. The van der Waals surface area contributed by atoms with Gasteiger partial charge >= 0.3 is 6.03 Å². The van der Waals surface area contributed by atoms with E-state index in [1.165, 1.54) is 11.1 Å². The Bertz CT molecular complexity index is 675. The molecule has 2 heterocycles. The minimum absolute atomic E-state index is 0.00928. The predicted octanol–water partition coefficient (Wildman–Crippen LogP) is 2.35. The van der Waals surface area contributed by atoms with Crippen molar-refractivity contribution in [3.63, 3.8) is 0 Å². The molecule has 0 atom stereocenters. The van der Waals surface area contributed by atoms with Crippen LogP contribution < -0.4 is 5.32 Å². The zero-order valence-electron chi connectivity index (χ0n) is 14.4. The summed E-state index contributed by atoms with van der Waals surface area (Å²) >= 11 is 0. The standard InChI is InChI=1S/C18H25N5O/c1-15-4-5-17(14-16(15)2)20-18(24)22-11-8-21(9-12-22)10-13-23-7-3-6-19-23/h3-7,14H,8-13H2,1-2H3,(H,20,24). The highest BCUT2D eigenvalue weighted by Crippen LogP contribution is 2.15. The van der Waals surface area contributed by atoms with Crippen LogP contribution in [0.4, 0.5) is 10.5 Å². The molecule has 24 heavy (non-hydrogen) atoms. The number of anilines is 1. The predicted molar refractivity (Wildman–Crippen MR) is 95.2 cm³/mol. The average molecular weight is 327 g/mol. The van der Waals surface area contributed by atoms with Crippen molar-refractivity contribution in [1.82, 2.24) is 19.6 Å². The van der Waals surface area contributed by atoms with Gasteiger partial charge in [0, 0.05) is 50.8 Å². The second-order valence-corrected chi connectivity index (χ2v) is 6.33. The van der Waals surface area contributed by atoms with Gasteiger partial charge in [-0.3, -0.25) is 9.58 Å². The normalized spacial score (nSPS) is 15.5. The van der Waals surface area contributed by atoms with Crippen LogP contribution in [0.2, 0.25) is 0 Å². The van der Waals surface area contributed by atoms with E-state index in [2.05, 4.69) is 29.2 Å². The molecule has 1 fully saturated rings. The van der Waals surface area contributed by atoms with E-state index in [-0.39, 0.29) is 6.03 Å². The molecule has 1 aromatic heterocycles. The van der Waals surface area contributed by atoms with Crippen molar-refractivity contribution in [2.24, 2.45) is 0 Å². The number of urea groups is 1. The second kappa shape index (κ2) is 7.49. The molecule has 1 aliphatic heterocycles. The van der Waals surface area contributed by atoms with Crippen molar-refractivity contribution in [3.8, 4) is 0 Å².